The summed E-state index contributed by atoms with van der Waals surface area (Å²) >= 11 is 9.44. The molecule has 218 valence electrons. The Bertz CT molecular complexity index is 1760. The molecule has 0 radical (unpaired) electrons. The van der Waals surface area contributed by atoms with Crippen LogP contribution in [0.4, 0.5) is 15.8 Å². The molecule has 0 unspecified atom stereocenters. The molecule has 3 fully saturated rings. The molecule has 2 heterocycles. The molecule has 6 atom stereocenters. The average Bonchev–Trinajstić information content (AvgIpc) is 3.35. The second-order valence-electron chi connectivity index (χ2n) is 11.8. The van der Waals surface area contributed by atoms with Crippen molar-refractivity contribution < 1.29 is 28.7 Å². The van der Waals surface area contributed by atoms with Gasteiger partial charge in [0, 0.05) is 10.4 Å². The zero-order valence-electron chi connectivity index (χ0n) is 22.8. The number of imide groups is 2. The highest BCUT2D eigenvalue weighted by molar-refractivity contribution is 9.10. The van der Waals surface area contributed by atoms with Crippen LogP contribution in [-0.4, -0.2) is 28.7 Å². The first-order valence-electron chi connectivity index (χ1n) is 14.0. The van der Waals surface area contributed by atoms with Crippen LogP contribution < -0.4 is 9.80 Å². The van der Waals surface area contributed by atoms with Gasteiger partial charge in [-0.3, -0.25) is 24.1 Å². The van der Waals surface area contributed by atoms with Gasteiger partial charge in [0.15, 0.2) is 0 Å². The lowest BCUT2D eigenvalue weighted by atomic mass is 9.51. The van der Waals surface area contributed by atoms with Gasteiger partial charge in [0.1, 0.15) is 11.6 Å². The van der Waals surface area contributed by atoms with E-state index in [9.17, 15) is 28.7 Å². The molecule has 3 aromatic carbocycles. The highest BCUT2D eigenvalue weighted by Crippen LogP contribution is 2.63. The summed E-state index contributed by atoms with van der Waals surface area (Å²) < 4.78 is 14.8. The fourth-order valence-corrected chi connectivity index (χ4v) is 8.22. The zero-order valence-corrected chi connectivity index (χ0v) is 25.2. The Morgan fingerprint density at radius 2 is 1.56 bits per heavy atom. The van der Waals surface area contributed by atoms with Gasteiger partial charge >= 0.3 is 0 Å². The molecule has 4 amide bonds. The third-order valence-corrected chi connectivity index (χ3v) is 10.6. The molecule has 10 heteroatoms. The minimum Gasteiger partial charge on any atom is -0.508 e. The fraction of sp³-hybridized carbons (Fsp3) is 0.273. The first-order valence-corrected chi connectivity index (χ1v) is 15.1. The molecular formula is C33H25BrClFN2O5. The Balaban J connectivity index is 1.35. The van der Waals surface area contributed by atoms with Gasteiger partial charge in [-0.1, -0.05) is 51.3 Å². The normalized spacial score (nSPS) is 29.9. The minimum absolute atomic E-state index is 0.0496. The number of rotatable bonds is 3. The zero-order chi connectivity index (χ0) is 30.4. The van der Waals surface area contributed by atoms with Gasteiger partial charge < -0.3 is 5.11 Å². The van der Waals surface area contributed by atoms with Crippen molar-refractivity contribution in [2.24, 2.45) is 29.1 Å². The van der Waals surface area contributed by atoms with Crippen molar-refractivity contribution in [2.75, 3.05) is 9.80 Å². The molecule has 2 saturated heterocycles. The highest BCUT2D eigenvalue weighted by Gasteiger charge is 2.67. The lowest BCUT2D eigenvalue weighted by molar-refractivity contribution is -0.131. The number of anilines is 2. The second-order valence-corrected chi connectivity index (χ2v) is 13.2. The van der Waals surface area contributed by atoms with Crippen LogP contribution in [0.3, 0.4) is 0 Å². The van der Waals surface area contributed by atoms with E-state index in [-0.39, 0.29) is 34.7 Å². The molecule has 2 aliphatic carbocycles. The number of carbonyl (C=O) groups is 4. The molecule has 0 aromatic heterocycles. The van der Waals surface area contributed by atoms with Crippen LogP contribution in [0.5, 0.6) is 5.75 Å². The maximum absolute atomic E-state index is 14.4. The summed E-state index contributed by atoms with van der Waals surface area (Å²) in [6, 6.07) is 17.2. The number of hydrogen-bond donors (Lipinski definition) is 1. The van der Waals surface area contributed by atoms with E-state index in [1.807, 2.05) is 6.08 Å². The van der Waals surface area contributed by atoms with Crippen molar-refractivity contribution in [2.45, 2.75) is 25.7 Å². The molecular weight excluding hydrogens is 639 g/mol. The van der Waals surface area contributed by atoms with E-state index in [4.69, 9.17) is 11.6 Å². The molecule has 1 N–H and O–H groups in total. The lowest BCUT2D eigenvalue weighted by Gasteiger charge is -2.49. The smallest absolute Gasteiger partial charge is 0.241 e. The topological polar surface area (TPSA) is 95.0 Å². The number of benzene rings is 3. The van der Waals surface area contributed by atoms with E-state index in [0.29, 0.717) is 17.7 Å². The molecule has 7 rings (SSSR count). The maximum Gasteiger partial charge on any atom is 0.241 e. The van der Waals surface area contributed by atoms with E-state index in [0.717, 1.165) is 21.0 Å². The van der Waals surface area contributed by atoms with Crippen LogP contribution in [0.15, 0.2) is 82.9 Å². The van der Waals surface area contributed by atoms with Crippen LogP contribution in [0, 0.1) is 34.9 Å². The lowest BCUT2D eigenvalue weighted by Crippen LogP contribution is -2.48. The fourth-order valence-electron chi connectivity index (χ4n) is 7.78. The monoisotopic (exact) mass is 662 g/mol. The summed E-state index contributed by atoms with van der Waals surface area (Å²) in [4.78, 5) is 58.6. The first-order chi connectivity index (χ1) is 20.5. The largest absolute Gasteiger partial charge is 0.508 e. The van der Waals surface area contributed by atoms with E-state index in [1.54, 1.807) is 43.3 Å². The number of carbonyl (C=O) groups excluding carboxylic acids is 4. The van der Waals surface area contributed by atoms with E-state index in [1.165, 1.54) is 29.2 Å². The standard InChI is InChI=1S/C33H25BrClFN2O5/c1-33-24(30(41)38(32(33)43)19-8-13-26(36)25(35)14-19)15-23-21(28(33)16-2-9-20(39)10-3-16)11-12-22-27(23)31(42)37(29(22)40)18-6-4-17(34)5-7-18/h2-11,13-14,22-24,27-28,39H,12,15H2,1H3/t22-,23+,24-,27-,28-,33+/m0/s1. The molecule has 4 aliphatic rings. The van der Waals surface area contributed by atoms with Gasteiger partial charge in [-0.05, 0) is 85.8 Å². The van der Waals surface area contributed by atoms with Crippen molar-refractivity contribution in [1.82, 2.24) is 0 Å². The minimum atomic E-state index is -1.25. The molecule has 2 aliphatic heterocycles. The van der Waals surface area contributed by atoms with Crippen LogP contribution in [0.2, 0.25) is 5.02 Å². The third kappa shape index (κ3) is 3.97. The number of phenols is 1. The van der Waals surface area contributed by atoms with Gasteiger partial charge in [-0.15, -0.1) is 0 Å². The maximum atomic E-state index is 14.4. The van der Waals surface area contributed by atoms with Crippen LogP contribution in [0.1, 0.15) is 31.2 Å². The van der Waals surface area contributed by atoms with E-state index >= 15 is 0 Å². The van der Waals surface area contributed by atoms with Gasteiger partial charge in [0.25, 0.3) is 0 Å². The van der Waals surface area contributed by atoms with E-state index in [2.05, 4.69) is 15.9 Å². The quantitative estimate of drug-likeness (QED) is 0.259. The highest BCUT2D eigenvalue weighted by atomic mass is 79.9. The van der Waals surface area contributed by atoms with E-state index < -0.39 is 52.6 Å². The Labute approximate surface area is 260 Å². The number of amides is 4. The number of aromatic hydroxyl groups is 1. The summed E-state index contributed by atoms with van der Waals surface area (Å²) in [5.41, 5.74) is 0.952. The van der Waals surface area contributed by atoms with Gasteiger partial charge in [-0.2, -0.15) is 0 Å². The van der Waals surface area contributed by atoms with Gasteiger partial charge in [-0.25, -0.2) is 9.29 Å². The Morgan fingerprint density at radius 1 is 0.884 bits per heavy atom. The summed E-state index contributed by atoms with van der Waals surface area (Å²) in [5.74, 6) is -5.32. The SMILES string of the molecule is C[C@@]12C(=O)N(c3ccc(F)c(Cl)c3)C(=O)[C@@H]1C[C@@H]1C(=CC[C@@H]3C(=O)N(c4ccc(Br)cc4)C(=O)[C@@H]31)[C@@H]2c1ccc(O)cc1. The van der Waals surface area contributed by atoms with Crippen molar-refractivity contribution >= 4 is 62.5 Å². The number of nitrogens with zero attached hydrogens (tertiary/aromatic N) is 2. The van der Waals surface area contributed by atoms with Crippen molar-refractivity contribution in [3.63, 3.8) is 0 Å². The number of halogens is 3. The predicted octanol–water partition coefficient (Wildman–Crippen LogP) is 6.38. The number of hydrogen-bond acceptors (Lipinski definition) is 5. The third-order valence-electron chi connectivity index (χ3n) is 9.75. The van der Waals surface area contributed by atoms with Crippen molar-refractivity contribution in [3.05, 3.63) is 99.3 Å². The molecule has 3 aromatic rings. The molecule has 0 bridgehead atoms. The Morgan fingerprint density at radius 3 is 2.23 bits per heavy atom. The van der Waals surface area contributed by atoms with Crippen LogP contribution in [-0.2, 0) is 19.2 Å². The van der Waals surface area contributed by atoms with Crippen molar-refractivity contribution in [3.8, 4) is 5.75 Å². The number of phenolic OH excluding ortho intramolecular Hbond substituents is 1. The average molecular weight is 664 g/mol. The molecule has 0 spiro atoms. The second kappa shape index (κ2) is 9.86. The summed E-state index contributed by atoms with van der Waals surface area (Å²) in [6.45, 7) is 1.76. The van der Waals surface area contributed by atoms with Crippen LogP contribution >= 0.6 is 27.5 Å². The number of allylic oxidation sites excluding steroid dienone is 2. The predicted molar refractivity (Wildman–Crippen MR) is 161 cm³/mol. The Hall–Kier alpha value is -3.82. The Kier molecular flexibility index (Phi) is 6.41. The molecule has 43 heavy (non-hydrogen) atoms. The van der Waals surface area contributed by atoms with Crippen LogP contribution in [0.25, 0.3) is 0 Å². The van der Waals surface area contributed by atoms with Gasteiger partial charge in [0.05, 0.1) is 39.6 Å². The van der Waals surface area contributed by atoms with Crippen molar-refractivity contribution in [1.29, 1.82) is 0 Å². The molecule has 1 saturated carbocycles. The number of fused-ring (bicyclic) bond motifs is 4. The summed E-state index contributed by atoms with van der Waals surface area (Å²) in [5, 5.41) is 9.82. The molecule has 7 nitrogen and oxygen atoms in total. The summed E-state index contributed by atoms with van der Waals surface area (Å²) in [6.07, 6.45) is 2.49. The van der Waals surface area contributed by atoms with Gasteiger partial charge in [0.2, 0.25) is 23.6 Å². The first kappa shape index (κ1) is 28.0. The summed E-state index contributed by atoms with van der Waals surface area (Å²) in [7, 11) is 0.